The molecule has 0 radical (unpaired) electrons. The van der Waals surface area contributed by atoms with Crippen molar-refractivity contribution in [3.63, 3.8) is 0 Å². The second kappa shape index (κ2) is 11.1. The molecule has 2 heterocycles. The summed E-state index contributed by atoms with van der Waals surface area (Å²) in [5, 5.41) is 9.64. The van der Waals surface area contributed by atoms with Gasteiger partial charge in [0, 0.05) is 24.3 Å². The SMILES string of the molecule is CCOC(=O)c1sc(N)c(C(=O)OCC)c1CSc1nnc(Cc2ccccc2)n1CC. The predicted molar refractivity (Wildman–Crippen MR) is 125 cm³/mol. The maximum Gasteiger partial charge on any atom is 0.348 e. The highest BCUT2D eigenvalue weighted by Crippen LogP contribution is 2.36. The number of carbonyl (C=O) groups is 2. The Hall–Kier alpha value is -2.85. The van der Waals surface area contributed by atoms with E-state index in [1.807, 2.05) is 41.8 Å². The highest BCUT2D eigenvalue weighted by molar-refractivity contribution is 7.98. The fourth-order valence-electron chi connectivity index (χ4n) is 3.20. The van der Waals surface area contributed by atoms with Gasteiger partial charge >= 0.3 is 11.9 Å². The molecule has 3 aromatic rings. The molecule has 10 heteroatoms. The third-order valence-electron chi connectivity index (χ3n) is 4.64. The molecule has 1 aromatic carbocycles. The molecule has 0 unspecified atom stereocenters. The van der Waals surface area contributed by atoms with Gasteiger partial charge in [0.1, 0.15) is 15.7 Å². The topological polar surface area (TPSA) is 109 Å². The van der Waals surface area contributed by atoms with Gasteiger partial charge in [-0.2, -0.15) is 0 Å². The first-order valence-corrected chi connectivity index (χ1v) is 12.1. The third kappa shape index (κ3) is 5.31. The molecule has 8 nitrogen and oxygen atoms in total. The molecule has 0 bridgehead atoms. The van der Waals surface area contributed by atoms with Crippen LogP contribution in [-0.2, 0) is 28.2 Å². The van der Waals surface area contributed by atoms with E-state index in [0.29, 0.717) is 34.3 Å². The summed E-state index contributed by atoms with van der Waals surface area (Å²) in [5.74, 6) is 0.105. The van der Waals surface area contributed by atoms with Crippen LogP contribution in [0.4, 0.5) is 5.00 Å². The number of rotatable bonds is 10. The molecular weight excluding hydrogens is 448 g/mol. The summed E-state index contributed by atoms with van der Waals surface area (Å²) in [4.78, 5) is 25.3. The first-order valence-electron chi connectivity index (χ1n) is 10.3. The van der Waals surface area contributed by atoms with Crippen LogP contribution in [0.2, 0.25) is 0 Å². The molecule has 0 spiro atoms. The third-order valence-corrected chi connectivity index (χ3v) is 6.67. The van der Waals surface area contributed by atoms with E-state index < -0.39 is 11.9 Å². The first-order chi connectivity index (χ1) is 15.5. The minimum absolute atomic E-state index is 0.211. The Labute approximate surface area is 195 Å². The summed E-state index contributed by atoms with van der Waals surface area (Å²) in [6.07, 6.45) is 0.662. The molecule has 0 amide bonds. The van der Waals surface area contributed by atoms with E-state index in [1.165, 1.54) is 11.8 Å². The van der Waals surface area contributed by atoms with Crippen molar-refractivity contribution in [2.45, 2.75) is 44.6 Å². The van der Waals surface area contributed by atoms with Gasteiger partial charge in [0.15, 0.2) is 5.16 Å². The molecule has 0 saturated heterocycles. The van der Waals surface area contributed by atoms with Gasteiger partial charge in [-0.25, -0.2) is 9.59 Å². The molecule has 0 atom stereocenters. The van der Waals surface area contributed by atoms with Gasteiger partial charge in [0.05, 0.1) is 18.8 Å². The number of nitrogens with zero attached hydrogens (tertiary/aromatic N) is 3. The summed E-state index contributed by atoms with van der Waals surface area (Å²) in [5.41, 5.74) is 7.96. The van der Waals surface area contributed by atoms with Crippen LogP contribution < -0.4 is 5.73 Å². The smallest absolute Gasteiger partial charge is 0.348 e. The average Bonchev–Trinajstić information content (AvgIpc) is 3.33. The zero-order valence-electron chi connectivity index (χ0n) is 18.3. The van der Waals surface area contributed by atoms with Crippen molar-refractivity contribution in [1.29, 1.82) is 0 Å². The van der Waals surface area contributed by atoms with Gasteiger partial charge in [-0.1, -0.05) is 42.1 Å². The lowest BCUT2D eigenvalue weighted by Crippen LogP contribution is -2.11. The monoisotopic (exact) mass is 474 g/mol. The van der Waals surface area contributed by atoms with E-state index in [2.05, 4.69) is 10.2 Å². The number of benzene rings is 1. The molecule has 170 valence electrons. The Balaban J connectivity index is 1.88. The van der Waals surface area contributed by atoms with E-state index in [4.69, 9.17) is 15.2 Å². The van der Waals surface area contributed by atoms with Crippen LogP contribution in [0.1, 0.15) is 57.8 Å². The van der Waals surface area contributed by atoms with Crippen molar-refractivity contribution in [2.24, 2.45) is 0 Å². The number of nitrogen functional groups attached to an aromatic ring is 1. The fraction of sp³-hybridized carbons (Fsp3) is 0.364. The number of aromatic nitrogens is 3. The molecule has 0 aliphatic rings. The lowest BCUT2D eigenvalue weighted by molar-refractivity contribution is 0.0527. The van der Waals surface area contributed by atoms with Crippen LogP contribution in [0.5, 0.6) is 0 Å². The molecule has 0 fully saturated rings. The normalized spacial score (nSPS) is 10.8. The van der Waals surface area contributed by atoms with Gasteiger partial charge in [-0.05, 0) is 26.3 Å². The molecule has 2 aromatic heterocycles. The summed E-state index contributed by atoms with van der Waals surface area (Å²) < 4.78 is 12.4. The van der Waals surface area contributed by atoms with Gasteiger partial charge in [-0.15, -0.1) is 21.5 Å². The molecule has 0 saturated carbocycles. The summed E-state index contributed by atoms with van der Waals surface area (Å²) in [7, 11) is 0. The number of ether oxygens (including phenoxy) is 2. The van der Waals surface area contributed by atoms with Crippen molar-refractivity contribution >= 4 is 40.0 Å². The molecular formula is C22H26N4O4S2. The number of carbonyl (C=O) groups excluding carboxylic acids is 2. The predicted octanol–water partition coefficient (Wildman–Crippen LogP) is 4.18. The first kappa shape index (κ1) is 23.8. The Kier molecular flexibility index (Phi) is 8.29. The standard InChI is InChI=1S/C22H26N4O4S2/c1-4-26-16(12-14-10-8-7-9-11-14)24-25-22(26)31-13-15-17(20(27)29-5-2)19(23)32-18(15)21(28)30-6-3/h7-11H,4-6,12-13,23H2,1-3H3. The van der Waals surface area contributed by atoms with E-state index in [0.717, 1.165) is 22.7 Å². The summed E-state index contributed by atoms with van der Waals surface area (Å²) in [6.45, 7) is 6.61. The van der Waals surface area contributed by atoms with Crippen LogP contribution in [0.3, 0.4) is 0 Å². The second-order valence-corrected chi connectivity index (χ2v) is 8.68. The zero-order valence-corrected chi connectivity index (χ0v) is 19.9. The number of hydrogen-bond acceptors (Lipinski definition) is 9. The van der Waals surface area contributed by atoms with Crippen molar-refractivity contribution < 1.29 is 19.1 Å². The number of anilines is 1. The fourth-order valence-corrected chi connectivity index (χ4v) is 5.31. The van der Waals surface area contributed by atoms with Crippen molar-refractivity contribution in [2.75, 3.05) is 18.9 Å². The second-order valence-electron chi connectivity index (χ2n) is 6.68. The lowest BCUT2D eigenvalue weighted by Gasteiger charge is -2.09. The Morgan fingerprint density at radius 1 is 1.06 bits per heavy atom. The summed E-state index contributed by atoms with van der Waals surface area (Å²) in [6, 6.07) is 10.1. The van der Waals surface area contributed by atoms with Crippen molar-refractivity contribution in [3.8, 4) is 0 Å². The molecule has 3 rings (SSSR count). The Bertz CT molecular complexity index is 1080. The van der Waals surface area contributed by atoms with Gasteiger partial charge in [-0.3, -0.25) is 0 Å². The van der Waals surface area contributed by atoms with Gasteiger partial charge in [0.2, 0.25) is 0 Å². The van der Waals surface area contributed by atoms with Crippen molar-refractivity contribution in [1.82, 2.24) is 14.8 Å². The highest BCUT2D eigenvalue weighted by atomic mass is 32.2. The van der Waals surface area contributed by atoms with E-state index in [1.54, 1.807) is 13.8 Å². The molecule has 0 aliphatic heterocycles. The number of nitrogens with two attached hydrogens (primary N) is 1. The number of thioether (sulfide) groups is 1. The largest absolute Gasteiger partial charge is 0.462 e. The van der Waals surface area contributed by atoms with E-state index >= 15 is 0 Å². The van der Waals surface area contributed by atoms with E-state index in [-0.39, 0.29) is 23.8 Å². The van der Waals surface area contributed by atoms with Crippen LogP contribution in [0.15, 0.2) is 35.5 Å². The quantitative estimate of drug-likeness (QED) is 0.344. The average molecular weight is 475 g/mol. The molecule has 32 heavy (non-hydrogen) atoms. The maximum absolute atomic E-state index is 12.5. The Morgan fingerprint density at radius 3 is 2.41 bits per heavy atom. The lowest BCUT2D eigenvalue weighted by atomic mass is 10.1. The van der Waals surface area contributed by atoms with Crippen molar-refractivity contribution in [3.05, 3.63) is 57.7 Å². The van der Waals surface area contributed by atoms with Gasteiger partial charge < -0.3 is 19.8 Å². The number of hydrogen-bond donors (Lipinski definition) is 1. The Morgan fingerprint density at radius 2 is 1.75 bits per heavy atom. The van der Waals surface area contributed by atoms with E-state index in [9.17, 15) is 9.59 Å². The highest BCUT2D eigenvalue weighted by Gasteiger charge is 2.28. The van der Waals surface area contributed by atoms with Crippen LogP contribution in [0, 0.1) is 0 Å². The number of esters is 2. The minimum atomic E-state index is -0.547. The zero-order chi connectivity index (χ0) is 23.1. The maximum atomic E-state index is 12.5. The van der Waals surface area contributed by atoms with Crippen LogP contribution in [0.25, 0.3) is 0 Å². The van der Waals surface area contributed by atoms with Crippen LogP contribution >= 0.6 is 23.1 Å². The minimum Gasteiger partial charge on any atom is -0.462 e. The summed E-state index contributed by atoms with van der Waals surface area (Å²) >= 11 is 2.44. The molecule has 2 N–H and O–H groups in total. The van der Waals surface area contributed by atoms with Crippen LogP contribution in [-0.4, -0.2) is 39.9 Å². The van der Waals surface area contributed by atoms with Gasteiger partial charge in [0.25, 0.3) is 0 Å². The molecule has 0 aliphatic carbocycles. The number of thiophene rings is 1.